The Morgan fingerprint density at radius 3 is 2.11 bits per heavy atom. The molecular formula is C32H40N6O8. The molecule has 4 atom stereocenters. The predicted molar refractivity (Wildman–Crippen MR) is 165 cm³/mol. The maximum Gasteiger partial charge on any atom is 0.326 e. The molecule has 14 heteroatoms. The van der Waals surface area contributed by atoms with Crippen LogP contribution in [-0.2, 0) is 41.6 Å². The lowest BCUT2D eigenvalue weighted by Gasteiger charge is -2.28. The molecule has 5 amide bonds. The second-order valence-electron chi connectivity index (χ2n) is 11.5. The Balaban J connectivity index is 1.28. The van der Waals surface area contributed by atoms with E-state index in [9.17, 15) is 39.0 Å². The highest BCUT2D eigenvalue weighted by Crippen LogP contribution is 2.20. The minimum absolute atomic E-state index is 0.0905. The van der Waals surface area contributed by atoms with Crippen molar-refractivity contribution in [1.29, 1.82) is 0 Å². The molecule has 2 heterocycles. The Kier molecular flexibility index (Phi) is 11.7. The van der Waals surface area contributed by atoms with E-state index >= 15 is 0 Å². The van der Waals surface area contributed by atoms with Crippen LogP contribution in [0, 0.1) is 0 Å². The molecule has 0 aliphatic carbocycles. The van der Waals surface area contributed by atoms with E-state index in [0.29, 0.717) is 32.2 Å². The maximum atomic E-state index is 13.4. The van der Waals surface area contributed by atoms with Crippen LogP contribution in [-0.4, -0.2) is 106 Å². The number of carboxylic acid groups (broad SMARTS) is 1. The number of amides is 5. The summed E-state index contributed by atoms with van der Waals surface area (Å²) in [6.07, 6.45) is 2.13. The maximum absolute atomic E-state index is 13.4. The van der Waals surface area contributed by atoms with Crippen molar-refractivity contribution < 1.29 is 39.0 Å². The molecule has 4 unspecified atom stereocenters. The van der Waals surface area contributed by atoms with E-state index in [0.717, 1.165) is 11.1 Å². The quantitative estimate of drug-likeness (QED) is 0.164. The van der Waals surface area contributed by atoms with Crippen LogP contribution >= 0.6 is 0 Å². The average molecular weight is 637 g/mol. The number of benzene rings is 2. The van der Waals surface area contributed by atoms with Gasteiger partial charge in [0.05, 0.1) is 19.1 Å². The van der Waals surface area contributed by atoms with Crippen LogP contribution in [0.3, 0.4) is 0 Å². The molecule has 2 saturated heterocycles. The molecule has 0 spiro atoms. The molecule has 46 heavy (non-hydrogen) atoms. The van der Waals surface area contributed by atoms with Crippen molar-refractivity contribution in [2.45, 2.75) is 62.7 Å². The number of carboxylic acids is 1. The van der Waals surface area contributed by atoms with Gasteiger partial charge in [-0.1, -0.05) is 42.5 Å². The smallest absolute Gasteiger partial charge is 0.326 e. The molecule has 4 rings (SSSR count). The van der Waals surface area contributed by atoms with E-state index in [4.69, 9.17) is 5.73 Å². The van der Waals surface area contributed by atoms with Crippen molar-refractivity contribution in [2.75, 3.05) is 26.2 Å². The van der Waals surface area contributed by atoms with Gasteiger partial charge in [-0.15, -0.1) is 0 Å². The zero-order valence-corrected chi connectivity index (χ0v) is 25.4. The van der Waals surface area contributed by atoms with Gasteiger partial charge in [0.2, 0.25) is 29.5 Å². The summed E-state index contributed by atoms with van der Waals surface area (Å²) in [7, 11) is 0. The first-order valence-corrected chi connectivity index (χ1v) is 15.3. The summed E-state index contributed by atoms with van der Waals surface area (Å²) in [6, 6.07) is 11.5. The fourth-order valence-corrected chi connectivity index (χ4v) is 5.78. The van der Waals surface area contributed by atoms with Crippen molar-refractivity contribution in [2.24, 2.45) is 5.73 Å². The van der Waals surface area contributed by atoms with Crippen molar-refractivity contribution in [3.05, 3.63) is 65.7 Å². The van der Waals surface area contributed by atoms with Crippen LogP contribution < -0.4 is 21.7 Å². The molecule has 2 fully saturated rings. The molecule has 2 aliphatic rings. The average Bonchev–Trinajstić information content (AvgIpc) is 3.74. The Morgan fingerprint density at radius 1 is 0.804 bits per heavy atom. The molecule has 14 nitrogen and oxygen atoms in total. The van der Waals surface area contributed by atoms with E-state index in [1.165, 1.54) is 21.9 Å². The third-order valence-corrected chi connectivity index (χ3v) is 8.18. The molecule has 246 valence electrons. The fourth-order valence-electron chi connectivity index (χ4n) is 5.78. The van der Waals surface area contributed by atoms with E-state index < -0.39 is 66.2 Å². The van der Waals surface area contributed by atoms with E-state index in [-0.39, 0.29) is 31.7 Å². The van der Waals surface area contributed by atoms with Gasteiger partial charge in [0.15, 0.2) is 0 Å². The number of hydrogen-bond acceptors (Lipinski definition) is 8. The Hall–Kier alpha value is -4.98. The number of nitrogens with zero attached hydrogens (tertiary/aromatic N) is 2. The molecule has 2 aliphatic heterocycles. The first-order valence-electron chi connectivity index (χ1n) is 15.3. The van der Waals surface area contributed by atoms with Crippen molar-refractivity contribution in [1.82, 2.24) is 25.8 Å². The second-order valence-corrected chi connectivity index (χ2v) is 11.5. The van der Waals surface area contributed by atoms with Crippen molar-refractivity contribution >= 4 is 35.5 Å². The largest absolute Gasteiger partial charge is 0.508 e. The minimum atomic E-state index is -1.10. The highest BCUT2D eigenvalue weighted by molar-refractivity contribution is 5.95. The molecule has 2 aromatic carbocycles. The zero-order valence-electron chi connectivity index (χ0n) is 25.4. The lowest BCUT2D eigenvalue weighted by Crippen LogP contribution is -2.55. The summed E-state index contributed by atoms with van der Waals surface area (Å²) in [5, 5.41) is 26.7. The Bertz CT molecular complexity index is 1420. The number of aromatic hydroxyl groups is 1. The molecule has 0 aromatic heterocycles. The number of nitrogens with two attached hydrogens (primary N) is 1. The molecule has 0 bridgehead atoms. The molecular weight excluding hydrogens is 596 g/mol. The lowest BCUT2D eigenvalue weighted by molar-refractivity contribution is -0.149. The Labute approximate surface area is 266 Å². The highest BCUT2D eigenvalue weighted by Gasteiger charge is 2.38. The number of likely N-dealkylation sites (tertiary alicyclic amines) is 2. The minimum Gasteiger partial charge on any atom is -0.508 e. The summed E-state index contributed by atoms with van der Waals surface area (Å²) in [5.41, 5.74) is 7.48. The highest BCUT2D eigenvalue weighted by atomic mass is 16.4. The van der Waals surface area contributed by atoms with Gasteiger partial charge in [-0.25, -0.2) is 4.79 Å². The van der Waals surface area contributed by atoms with Gasteiger partial charge in [-0.05, 0) is 55.4 Å². The topological polar surface area (TPSA) is 211 Å². The normalized spacial score (nSPS) is 18.8. The van der Waals surface area contributed by atoms with E-state index in [1.807, 2.05) is 6.07 Å². The molecule has 0 radical (unpaired) electrons. The number of hydrogen-bond donors (Lipinski definition) is 6. The third-order valence-electron chi connectivity index (χ3n) is 8.18. The summed E-state index contributed by atoms with van der Waals surface area (Å²) >= 11 is 0. The number of aliphatic carboxylic acids is 1. The van der Waals surface area contributed by atoms with Crippen LogP contribution in [0.4, 0.5) is 0 Å². The molecule has 2 aromatic rings. The van der Waals surface area contributed by atoms with E-state index in [1.54, 1.807) is 36.4 Å². The molecule has 0 saturated carbocycles. The second kappa shape index (κ2) is 15.8. The van der Waals surface area contributed by atoms with Crippen LogP contribution in [0.1, 0.15) is 36.8 Å². The lowest BCUT2D eigenvalue weighted by atomic mass is 10.0. The predicted octanol–water partition coefficient (Wildman–Crippen LogP) is -0.711. The summed E-state index contributed by atoms with van der Waals surface area (Å²) < 4.78 is 0. The van der Waals surface area contributed by atoms with Crippen LogP contribution in [0.5, 0.6) is 5.75 Å². The number of carbonyl (C=O) groups excluding carboxylic acids is 5. The summed E-state index contributed by atoms with van der Waals surface area (Å²) in [6.45, 7) is -0.249. The van der Waals surface area contributed by atoms with Gasteiger partial charge in [0.25, 0.3) is 0 Å². The number of carbonyl (C=O) groups is 6. The van der Waals surface area contributed by atoms with Gasteiger partial charge in [0.1, 0.15) is 23.9 Å². The van der Waals surface area contributed by atoms with Gasteiger partial charge in [0, 0.05) is 19.5 Å². The summed E-state index contributed by atoms with van der Waals surface area (Å²) in [5.74, 6) is -3.72. The van der Waals surface area contributed by atoms with Crippen LogP contribution in [0.25, 0.3) is 0 Å². The fraction of sp³-hybridized carbons (Fsp3) is 0.438. The Morgan fingerprint density at radius 2 is 1.43 bits per heavy atom. The van der Waals surface area contributed by atoms with Crippen LogP contribution in [0.15, 0.2) is 54.6 Å². The third kappa shape index (κ3) is 9.03. The monoisotopic (exact) mass is 636 g/mol. The zero-order chi connectivity index (χ0) is 33.2. The molecule has 7 N–H and O–H groups in total. The first kappa shape index (κ1) is 33.9. The number of phenolic OH excluding ortho intramolecular Hbond substituents is 1. The van der Waals surface area contributed by atoms with Crippen molar-refractivity contribution in [3.63, 3.8) is 0 Å². The van der Waals surface area contributed by atoms with Crippen LogP contribution in [0.2, 0.25) is 0 Å². The van der Waals surface area contributed by atoms with Crippen molar-refractivity contribution in [3.8, 4) is 5.75 Å². The number of rotatable bonds is 13. The SMILES string of the molecule is NC(Cc1ccc(O)cc1)C(=O)NCC(=O)N1CCCC1C(=O)NCC(=O)NC(Cc1ccccc1)C(=O)N1CCCC1C(=O)O. The number of nitrogens with one attached hydrogen (secondary N) is 3. The van der Waals surface area contributed by atoms with Gasteiger partial charge >= 0.3 is 5.97 Å². The van der Waals surface area contributed by atoms with Gasteiger partial charge in [-0.2, -0.15) is 0 Å². The van der Waals surface area contributed by atoms with E-state index in [2.05, 4.69) is 16.0 Å². The standard InChI is InChI=1S/C32H40N6O8/c33-23(16-21-10-12-22(39)13-11-21)29(42)35-19-28(41)37-14-4-8-25(37)30(43)34-18-27(40)36-24(17-20-6-2-1-3-7-20)31(44)38-15-5-9-26(38)32(45)46/h1-3,6-7,10-13,23-26,39H,4-5,8-9,14-19,33H2,(H,34,43)(H,35,42)(H,36,40)(H,45,46). The first-order chi connectivity index (χ1) is 22.0. The van der Waals surface area contributed by atoms with Gasteiger partial charge in [-0.3, -0.25) is 24.0 Å². The summed E-state index contributed by atoms with van der Waals surface area (Å²) in [4.78, 5) is 79.1. The number of phenols is 1. The van der Waals surface area contributed by atoms with Gasteiger partial charge < -0.3 is 41.7 Å².